The van der Waals surface area contributed by atoms with Crippen molar-refractivity contribution >= 4 is 17.3 Å². The normalized spacial score (nSPS) is 12.5. The van der Waals surface area contributed by atoms with Crippen molar-refractivity contribution in [2.45, 2.75) is 18.8 Å². The maximum atomic E-state index is 12.7. The highest BCUT2D eigenvalue weighted by atomic mass is 35.5. The maximum absolute atomic E-state index is 12.7. The van der Waals surface area contributed by atoms with Gasteiger partial charge in [-0.2, -0.15) is 26.3 Å². The van der Waals surface area contributed by atoms with E-state index in [0.29, 0.717) is 0 Å². The highest BCUT2D eigenvalue weighted by Gasteiger charge is 2.34. The Labute approximate surface area is 122 Å². The zero-order valence-corrected chi connectivity index (χ0v) is 11.4. The molecule has 0 aliphatic rings. The lowest BCUT2D eigenvalue weighted by atomic mass is 10.1. The van der Waals surface area contributed by atoms with Crippen molar-refractivity contribution in [2.75, 3.05) is 25.1 Å². The third-order valence-corrected chi connectivity index (χ3v) is 2.67. The molecule has 1 rings (SSSR count). The fourth-order valence-electron chi connectivity index (χ4n) is 1.52. The first-order valence-electron chi connectivity index (χ1n) is 5.85. The molecule has 0 heterocycles. The molecule has 0 aliphatic heterocycles. The number of hydrogen-bond donors (Lipinski definition) is 1. The minimum Gasteiger partial charge on any atom is -0.383 e. The van der Waals surface area contributed by atoms with Crippen LogP contribution in [0.5, 0.6) is 0 Å². The lowest BCUT2D eigenvalue weighted by molar-refractivity contribution is -0.173. The zero-order valence-electron chi connectivity index (χ0n) is 10.6. The van der Waals surface area contributed by atoms with E-state index in [9.17, 15) is 26.3 Å². The monoisotopic (exact) mass is 335 g/mol. The van der Waals surface area contributed by atoms with E-state index in [1.807, 2.05) is 0 Å². The Morgan fingerprint density at radius 2 is 1.76 bits per heavy atom. The van der Waals surface area contributed by atoms with E-state index in [1.165, 1.54) is 12.1 Å². The highest BCUT2D eigenvalue weighted by molar-refractivity contribution is 6.33. The molecule has 0 aromatic heterocycles. The number of para-hydroxylation sites is 1. The Balaban J connectivity index is 2.49. The van der Waals surface area contributed by atoms with Gasteiger partial charge in [0.25, 0.3) is 0 Å². The topological polar surface area (TPSA) is 21.3 Å². The fraction of sp³-hybridized carbons (Fsp3) is 0.500. The SMILES string of the molecule is FC(F)(F)COCCCNc1c(Cl)cccc1C(F)(F)F. The summed E-state index contributed by atoms with van der Waals surface area (Å²) in [5.41, 5.74) is -1.21. The van der Waals surface area contributed by atoms with Gasteiger partial charge < -0.3 is 10.1 Å². The van der Waals surface area contributed by atoms with Crippen LogP contribution in [-0.2, 0) is 10.9 Å². The first-order chi connectivity index (χ1) is 9.61. The summed E-state index contributed by atoms with van der Waals surface area (Å²) in [7, 11) is 0. The van der Waals surface area contributed by atoms with Crippen molar-refractivity contribution in [1.82, 2.24) is 0 Å². The van der Waals surface area contributed by atoms with Crippen LogP contribution in [-0.4, -0.2) is 25.9 Å². The molecule has 0 aliphatic carbocycles. The minimum absolute atomic E-state index is 0.00463. The molecule has 9 heteroatoms. The molecule has 0 atom stereocenters. The molecule has 0 radical (unpaired) electrons. The van der Waals surface area contributed by atoms with Gasteiger partial charge in [0.15, 0.2) is 0 Å². The van der Waals surface area contributed by atoms with Crippen LogP contribution in [0.25, 0.3) is 0 Å². The van der Waals surface area contributed by atoms with E-state index in [2.05, 4.69) is 10.1 Å². The predicted octanol–water partition coefficient (Wildman–Crippen LogP) is 4.74. The third kappa shape index (κ3) is 6.43. The van der Waals surface area contributed by atoms with Crippen LogP contribution in [0, 0.1) is 0 Å². The first kappa shape index (κ1) is 17.9. The molecule has 2 nitrogen and oxygen atoms in total. The third-order valence-electron chi connectivity index (χ3n) is 2.35. The molecule has 0 spiro atoms. The second-order valence-corrected chi connectivity index (χ2v) is 4.52. The second kappa shape index (κ2) is 7.22. The Morgan fingerprint density at radius 1 is 1.10 bits per heavy atom. The van der Waals surface area contributed by atoms with Crippen molar-refractivity contribution in [3.63, 3.8) is 0 Å². The molecule has 1 aromatic rings. The summed E-state index contributed by atoms with van der Waals surface area (Å²) >= 11 is 5.69. The lowest BCUT2D eigenvalue weighted by Crippen LogP contribution is -2.18. The minimum atomic E-state index is -4.57. The molecule has 0 bridgehead atoms. The molecule has 0 fully saturated rings. The van der Waals surface area contributed by atoms with Crippen molar-refractivity contribution in [1.29, 1.82) is 0 Å². The van der Waals surface area contributed by atoms with Crippen LogP contribution in [0.1, 0.15) is 12.0 Å². The van der Waals surface area contributed by atoms with Crippen molar-refractivity contribution in [2.24, 2.45) is 0 Å². The van der Waals surface area contributed by atoms with E-state index in [1.54, 1.807) is 0 Å². The van der Waals surface area contributed by atoms with Gasteiger partial charge in [0.2, 0.25) is 0 Å². The molecule has 0 saturated heterocycles. The van der Waals surface area contributed by atoms with E-state index < -0.39 is 24.5 Å². The van der Waals surface area contributed by atoms with E-state index in [4.69, 9.17) is 11.6 Å². The molecule has 0 saturated carbocycles. The number of rotatable bonds is 6. The summed E-state index contributed by atoms with van der Waals surface area (Å²) in [6, 6.07) is 3.33. The maximum Gasteiger partial charge on any atom is 0.418 e. The van der Waals surface area contributed by atoms with E-state index in [-0.39, 0.29) is 30.3 Å². The van der Waals surface area contributed by atoms with Crippen molar-refractivity contribution < 1.29 is 31.1 Å². The number of anilines is 1. The summed E-state index contributed by atoms with van der Waals surface area (Å²) in [6.07, 6.45) is -8.88. The highest BCUT2D eigenvalue weighted by Crippen LogP contribution is 2.38. The Hall–Kier alpha value is -1.15. The molecular weight excluding hydrogens is 324 g/mol. The van der Waals surface area contributed by atoms with Crippen LogP contribution in [0.2, 0.25) is 5.02 Å². The van der Waals surface area contributed by atoms with Crippen LogP contribution < -0.4 is 5.32 Å². The Bertz CT molecular complexity index is 460. The fourth-order valence-corrected chi connectivity index (χ4v) is 1.76. The molecule has 120 valence electrons. The van der Waals surface area contributed by atoms with Crippen LogP contribution in [0.4, 0.5) is 32.0 Å². The first-order valence-corrected chi connectivity index (χ1v) is 6.23. The number of halogens is 7. The van der Waals surface area contributed by atoms with Gasteiger partial charge in [0, 0.05) is 13.2 Å². The number of benzene rings is 1. The quantitative estimate of drug-likeness (QED) is 0.599. The van der Waals surface area contributed by atoms with Crippen LogP contribution in [0.3, 0.4) is 0 Å². The van der Waals surface area contributed by atoms with Gasteiger partial charge in [-0.05, 0) is 18.6 Å². The summed E-state index contributed by atoms with van der Waals surface area (Å²) < 4.78 is 77.9. The molecule has 0 unspecified atom stereocenters. The zero-order chi connectivity index (χ0) is 16.1. The van der Waals surface area contributed by atoms with Gasteiger partial charge in [-0.15, -0.1) is 0 Å². The largest absolute Gasteiger partial charge is 0.418 e. The van der Waals surface area contributed by atoms with Crippen LogP contribution >= 0.6 is 11.6 Å². The van der Waals surface area contributed by atoms with Gasteiger partial charge in [0.05, 0.1) is 16.3 Å². The number of alkyl halides is 6. The van der Waals surface area contributed by atoms with Crippen molar-refractivity contribution in [3.05, 3.63) is 28.8 Å². The Morgan fingerprint density at radius 3 is 2.33 bits per heavy atom. The van der Waals surface area contributed by atoms with Gasteiger partial charge >= 0.3 is 12.4 Å². The number of ether oxygens (including phenoxy) is 1. The average Bonchev–Trinajstić information content (AvgIpc) is 2.32. The summed E-state index contributed by atoms with van der Waals surface area (Å²) in [5.74, 6) is 0. The average molecular weight is 336 g/mol. The van der Waals surface area contributed by atoms with Gasteiger partial charge in [0.1, 0.15) is 6.61 Å². The summed E-state index contributed by atoms with van der Waals surface area (Å²) in [4.78, 5) is 0. The molecule has 21 heavy (non-hydrogen) atoms. The summed E-state index contributed by atoms with van der Waals surface area (Å²) in [6.45, 7) is -1.60. The lowest BCUT2D eigenvalue weighted by Gasteiger charge is -2.16. The summed E-state index contributed by atoms with van der Waals surface area (Å²) in [5, 5.41) is 2.36. The van der Waals surface area contributed by atoms with Gasteiger partial charge in [-0.3, -0.25) is 0 Å². The van der Waals surface area contributed by atoms with E-state index >= 15 is 0 Å². The molecule has 1 aromatic carbocycles. The second-order valence-electron chi connectivity index (χ2n) is 4.11. The van der Waals surface area contributed by atoms with E-state index in [0.717, 1.165) is 6.07 Å². The molecule has 0 amide bonds. The Kier molecular flexibility index (Phi) is 6.15. The van der Waals surface area contributed by atoms with Gasteiger partial charge in [-0.1, -0.05) is 17.7 Å². The molecular formula is C12H12ClF6NO. The van der Waals surface area contributed by atoms with Gasteiger partial charge in [-0.25, -0.2) is 0 Å². The van der Waals surface area contributed by atoms with Crippen LogP contribution in [0.15, 0.2) is 18.2 Å². The number of nitrogens with one attached hydrogen (secondary N) is 1. The predicted molar refractivity (Wildman–Crippen MR) is 66.4 cm³/mol. The molecule has 1 N–H and O–H groups in total. The smallest absolute Gasteiger partial charge is 0.383 e. The number of hydrogen-bond acceptors (Lipinski definition) is 2. The van der Waals surface area contributed by atoms with Crippen molar-refractivity contribution in [3.8, 4) is 0 Å². The standard InChI is InChI=1S/C12H12ClF6NO/c13-9-4-1-3-8(12(17,18)19)10(9)20-5-2-6-21-7-11(14,15)16/h1,3-4,20H,2,5-7H2.